The molecule has 0 bridgehead atoms. The molecule has 0 saturated heterocycles. The molecule has 0 aliphatic rings. The van der Waals surface area contributed by atoms with Crippen LogP contribution < -0.4 is 4.74 Å². The molecule has 2 aromatic rings. The van der Waals surface area contributed by atoms with Gasteiger partial charge in [0.05, 0.1) is 4.92 Å². The zero-order valence-electron chi connectivity index (χ0n) is 8.97. The second kappa shape index (κ2) is 5.49. The van der Waals surface area contributed by atoms with Crippen LogP contribution in [0, 0.1) is 10.1 Å². The number of benzene rings is 2. The summed E-state index contributed by atoms with van der Waals surface area (Å²) in [5, 5.41) is 10.9. The Morgan fingerprint density at radius 3 is 2.44 bits per heavy atom. The Kier molecular flexibility index (Phi) is 3.98. The van der Waals surface area contributed by atoms with E-state index in [4.69, 9.17) is 4.74 Å². The van der Waals surface area contributed by atoms with Crippen molar-refractivity contribution in [1.29, 1.82) is 0 Å². The lowest BCUT2D eigenvalue weighted by Gasteiger charge is -2.06. The molecule has 0 aliphatic heterocycles. The first-order valence-electron chi connectivity index (χ1n) is 4.93. The Morgan fingerprint density at radius 1 is 1.06 bits per heavy atom. The van der Waals surface area contributed by atoms with Gasteiger partial charge in [0, 0.05) is 21.1 Å². The zero-order chi connectivity index (χ0) is 13.1. The molecule has 0 N–H and O–H groups in total. The van der Waals surface area contributed by atoms with Crippen LogP contribution in [0.4, 0.5) is 5.69 Å². The lowest BCUT2D eigenvalue weighted by molar-refractivity contribution is -0.385. The van der Waals surface area contributed by atoms with Crippen molar-refractivity contribution >= 4 is 37.5 Å². The van der Waals surface area contributed by atoms with E-state index in [9.17, 15) is 10.1 Å². The van der Waals surface area contributed by atoms with Gasteiger partial charge >= 0.3 is 5.69 Å². The lowest BCUT2D eigenvalue weighted by Crippen LogP contribution is -1.93. The van der Waals surface area contributed by atoms with Crippen molar-refractivity contribution in [3.05, 3.63) is 61.5 Å². The Labute approximate surface area is 120 Å². The first kappa shape index (κ1) is 13.0. The average molecular weight is 373 g/mol. The van der Waals surface area contributed by atoms with Gasteiger partial charge in [0.25, 0.3) is 0 Å². The molecule has 92 valence electrons. The van der Waals surface area contributed by atoms with Crippen molar-refractivity contribution in [3.63, 3.8) is 0 Å². The van der Waals surface area contributed by atoms with Gasteiger partial charge in [-0.1, -0.05) is 37.9 Å². The van der Waals surface area contributed by atoms with Crippen LogP contribution in [0.2, 0.25) is 0 Å². The van der Waals surface area contributed by atoms with E-state index in [0.717, 1.165) is 8.95 Å². The monoisotopic (exact) mass is 371 g/mol. The van der Waals surface area contributed by atoms with E-state index >= 15 is 0 Å². The zero-order valence-corrected chi connectivity index (χ0v) is 12.1. The van der Waals surface area contributed by atoms with Crippen LogP contribution in [0.25, 0.3) is 0 Å². The Morgan fingerprint density at radius 2 is 1.78 bits per heavy atom. The third-order valence-corrected chi connectivity index (χ3v) is 3.13. The fraction of sp³-hybridized carbons (Fsp3) is 0. The van der Waals surface area contributed by atoms with E-state index < -0.39 is 4.92 Å². The Balaban J connectivity index is 2.39. The van der Waals surface area contributed by atoms with E-state index in [-0.39, 0.29) is 11.4 Å². The van der Waals surface area contributed by atoms with Gasteiger partial charge in [0.1, 0.15) is 5.75 Å². The maximum absolute atomic E-state index is 10.9. The number of hydrogen-bond acceptors (Lipinski definition) is 3. The van der Waals surface area contributed by atoms with E-state index in [0.29, 0.717) is 5.75 Å². The normalized spacial score (nSPS) is 10.1. The molecule has 6 heteroatoms. The van der Waals surface area contributed by atoms with Crippen LogP contribution in [-0.2, 0) is 0 Å². The highest BCUT2D eigenvalue weighted by Gasteiger charge is 2.16. The molecule has 0 amide bonds. The maximum Gasteiger partial charge on any atom is 0.311 e. The molecule has 0 saturated carbocycles. The van der Waals surface area contributed by atoms with Crippen LogP contribution in [0.3, 0.4) is 0 Å². The highest BCUT2D eigenvalue weighted by atomic mass is 79.9. The smallest absolute Gasteiger partial charge is 0.311 e. The predicted octanol–water partition coefficient (Wildman–Crippen LogP) is 4.91. The van der Waals surface area contributed by atoms with Gasteiger partial charge in [-0.2, -0.15) is 0 Å². The highest BCUT2D eigenvalue weighted by molar-refractivity contribution is 9.10. The fourth-order valence-electron chi connectivity index (χ4n) is 1.38. The third-order valence-electron chi connectivity index (χ3n) is 2.14. The van der Waals surface area contributed by atoms with E-state index in [1.807, 2.05) is 6.07 Å². The van der Waals surface area contributed by atoms with E-state index in [1.54, 1.807) is 30.3 Å². The molecular weight excluding hydrogens is 366 g/mol. The minimum Gasteiger partial charge on any atom is -0.450 e. The van der Waals surface area contributed by atoms with Crippen molar-refractivity contribution in [2.24, 2.45) is 0 Å². The number of rotatable bonds is 3. The van der Waals surface area contributed by atoms with E-state index in [1.165, 1.54) is 6.07 Å². The fourth-order valence-corrected chi connectivity index (χ4v) is 2.10. The van der Waals surface area contributed by atoms with Gasteiger partial charge in [-0.25, -0.2) is 0 Å². The van der Waals surface area contributed by atoms with Crippen molar-refractivity contribution in [3.8, 4) is 11.5 Å². The molecule has 0 fully saturated rings. The molecule has 2 rings (SSSR count). The van der Waals surface area contributed by atoms with Gasteiger partial charge in [-0.05, 0) is 24.3 Å². The quantitative estimate of drug-likeness (QED) is 0.568. The third kappa shape index (κ3) is 3.08. The summed E-state index contributed by atoms with van der Waals surface area (Å²) in [5.74, 6) is 0.734. The summed E-state index contributed by atoms with van der Waals surface area (Å²) in [6.45, 7) is 0. The van der Waals surface area contributed by atoms with E-state index in [2.05, 4.69) is 31.9 Å². The van der Waals surface area contributed by atoms with Crippen molar-refractivity contribution in [1.82, 2.24) is 0 Å². The van der Waals surface area contributed by atoms with Gasteiger partial charge in [0.15, 0.2) is 0 Å². The first-order chi connectivity index (χ1) is 8.56. The second-order valence-corrected chi connectivity index (χ2v) is 5.26. The van der Waals surface area contributed by atoms with Crippen LogP contribution >= 0.6 is 31.9 Å². The molecule has 0 atom stereocenters. The van der Waals surface area contributed by atoms with Crippen molar-refractivity contribution < 1.29 is 9.66 Å². The Bertz CT molecular complexity index is 602. The largest absolute Gasteiger partial charge is 0.450 e. The van der Waals surface area contributed by atoms with Gasteiger partial charge in [-0.3, -0.25) is 10.1 Å². The molecule has 0 heterocycles. The Hall–Kier alpha value is -1.40. The molecule has 4 nitrogen and oxygen atoms in total. The molecule has 0 aromatic heterocycles. The van der Waals surface area contributed by atoms with Crippen LogP contribution in [-0.4, -0.2) is 4.92 Å². The van der Waals surface area contributed by atoms with Gasteiger partial charge < -0.3 is 4.74 Å². The summed E-state index contributed by atoms with van der Waals surface area (Å²) in [4.78, 5) is 10.4. The lowest BCUT2D eigenvalue weighted by atomic mass is 10.3. The first-order valence-corrected chi connectivity index (χ1v) is 6.52. The van der Waals surface area contributed by atoms with Gasteiger partial charge in [-0.15, -0.1) is 0 Å². The standard InChI is InChI=1S/C12H7Br2NO3/c13-8-2-1-3-10(6-8)18-12-7-9(14)4-5-11(12)15(16)17/h1-7H. The SMILES string of the molecule is O=[N+]([O-])c1ccc(Br)cc1Oc1cccc(Br)c1. The summed E-state index contributed by atoms with van der Waals surface area (Å²) in [7, 11) is 0. The summed E-state index contributed by atoms with van der Waals surface area (Å²) in [6.07, 6.45) is 0. The summed E-state index contributed by atoms with van der Waals surface area (Å²) in [5.41, 5.74) is -0.0711. The average Bonchev–Trinajstić information content (AvgIpc) is 2.28. The highest BCUT2D eigenvalue weighted by Crippen LogP contribution is 2.34. The minimum atomic E-state index is -0.472. The number of hydrogen-bond donors (Lipinski definition) is 0. The minimum absolute atomic E-state index is 0.0711. The second-order valence-electron chi connectivity index (χ2n) is 3.43. The van der Waals surface area contributed by atoms with Crippen LogP contribution in [0.5, 0.6) is 11.5 Å². The maximum atomic E-state index is 10.9. The van der Waals surface area contributed by atoms with Crippen LogP contribution in [0.1, 0.15) is 0 Å². The summed E-state index contributed by atoms with van der Waals surface area (Å²) < 4.78 is 7.10. The molecule has 0 unspecified atom stereocenters. The van der Waals surface area contributed by atoms with Gasteiger partial charge in [0.2, 0.25) is 5.75 Å². The summed E-state index contributed by atoms with van der Waals surface area (Å²) in [6, 6.07) is 11.7. The molecule has 2 aromatic carbocycles. The molecule has 18 heavy (non-hydrogen) atoms. The topological polar surface area (TPSA) is 52.4 Å². The number of nitro groups is 1. The number of ether oxygens (including phenoxy) is 1. The molecule has 0 aliphatic carbocycles. The number of halogens is 2. The predicted molar refractivity (Wildman–Crippen MR) is 75.0 cm³/mol. The molecular formula is C12H7Br2NO3. The molecule has 0 radical (unpaired) electrons. The van der Waals surface area contributed by atoms with Crippen molar-refractivity contribution in [2.45, 2.75) is 0 Å². The number of nitro benzene ring substituents is 1. The van der Waals surface area contributed by atoms with Crippen molar-refractivity contribution in [2.75, 3.05) is 0 Å². The van der Waals surface area contributed by atoms with Crippen LogP contribution in [0.15, 0.2) is 51.4 Å². The summed E-state index contributed by atoms with van der Waals surface area (Å²) >= 11 is 6.58. The number of nitrogens with zero attached hydrogens (tertiary/aromatic N) is 1. The molecule has 0 spiro atoms.